The van der Waals surface area contributed by atoms with Gasteiger partial charge in [0.1, 0.15) is 5.60 Å². The molecule has 4 aliphatic rings. The van der Waals surface area contributed by atoms with E-state index < -0.39 is 0 Å². The SMILES string of the molecule is CCC[n+]1cc2ccc(Br)cc2cc1NC1=NCC2(CN3CCC2CC3)O1. The summed E-state index contributed by atoms with van der Waals surface area (Å²) < 4.78 is 9.83. The van der Waals surface area contributed by atoms with Crippen LogP contribution in [-0.4, -0.2) is 42.7 Å². The highest BCUT2D eigenvalue weighted by Crippen LogP contribution is 2.40. The van der Waals surface area contributed by atoms with Gasteiger partial charge in [0.15, 0.2) is 0 Å². The van der Waals surface area contributed by atoms with Crippen LogP contribution in [-0.2, 0) is 11.3 Å². The molecule has 0 saturated carbocycles. The van der Waals surface area contributed by atoms with Crippen molar-refractivity contribution in [2.75, 3.05) is 31.5 Å². The summed E-state index contributed by atoms with van der Waals surface area (Å²) in [5.41, 5.74) is -0.103. The molecule has 0 amide bonds. The first-order chi connectivity index (χ1) is 13.1. The highest BCUT2D eigenvalue weighted by Gasteiger charge is 2.52. The van der Waals surface area contributed by atoms with Crippen molar-refractivity contribution < 1.29 is 9.30 Å². The van der Waals surface area contributed by atoms with Crippen molar-refractivity contribution in [1.82, 2.24) is 4.90 Å². The predicted octanol–water partition coefficient (Wildman–Crippen LogP) is 3.56. The number of aryl methyl sites for hydroxylation is 1. The van der Waals surface area contributed by atoms with E-state index in [4.69, 9.17) is 9.73 Å². The number of anilines is 1. The number of halogens is 1. The van der Waals surface area contributed by atoms with Gasteiger partial charge >= 0.3 is 6.02 Å². The largest absolute Gasteiger partial charge is 0.437 e. The van der Waals surface area contributed by atoms with Gasteiger partial charge in [0, 0.05) is 28.4 Å². The summed E-state index contributed by atoms with van der Waals surface area (Å²) in [6.07, 6.45) is 5.77. The maximum absolute atomic E-state index is 6.47. The Labute approximate surface area is 168 Å². The number of fused-ring (bicyclic) bond motifs is 3. The molecule has 1 aromatic carbocycles. The van der Waals surface area contributed by atoms with E-state index in [-0.39, 0.29) is 5.60 Å². The van der Waals surface area contributed by atoms with Crippen molar-refractivity contribution in [2.45, 2.75) is 38.3 Å². The fourth-order valence-corrected chi connectivity index (χ4v) is 5.23. The third-order valence-corrected chi connectivity index (χ3v) is 6.75. The normalized spacial score (nSPS) is 29.2. The molecule has 6 rings (SSSR count). The van der Waals surface area contributed by atoms with Crippen LogP contribution in [0.1, 0.15) is 26.2 Å². The molecular weight excluding hydrogens is 404 g/mol. The summed E-state index contributed by atoms with van der Waals surface area (Å²) in [6, 6.07) is 9.28. The number of rotatable bonds is 3. The molecule has 5 heterocycles. The van der Waals surface area contributed by atoms with Crippen LogP contribution < -0.4 is 9.88 Å². The van der Waals surface area contributed by atoms with Crippen LogP contribution in [0, 0.1) is 5.92 Å². The zero-order valence-electron chi connectivity index (χ0n) is 15.7. The minimum absolute atomic E-state index is 0.103. The van der Waals surface area contributed by atoms with Crippen molar-refractivity contribution in [1.29, 1.82) is 0 Å². The number of pyridine rings is 1. The molecular formula is C21H26BrN4O+. The molecule has 2 bridgehead atoms. The molecule has 0 aliphatic carbocycles. The van der Waals surface area contributed by atoms with Gasteiger partial charge in [-0.1, -0.05) is 22.9 Å². The number of piperidine rings is 3. The smallest absolute Gasteiger partial charge is 0.384 e. The summed E-state index contributed by atoms with van der Waals surface area (Å²) in [7, 11) is 0. The van der Waals surface area contributed by atoms with Gasteiger partial charge in [0.25, 0.3) is 5.82 Å². The van der Waals surface area contributed by atoms with Crippen molar-refractivity contribution >= 4 is 38.5 Å². The molecule has 1 aromatic heterocycles. The first-order valence-corrected chi connectivity index (χ1v) is 10.8. The Morgan fingerprint density at radius 2 is 2.15 bits per heavy atom. The number of benzene rings is 1. The molecule has 1 N–H and O–H groups in total. The zero-order valence-corrected chi connectivity index (χ0v) is 17.3. The standard InChI is InChI=1S/C21H25BrN4O/c1-2-7-26-12-15-3-4-18(22)10-16(15)11-19(26)24-20-23-13-21(27-20)14-25-8-5-17(21)6-9-25/h3-4,10-12,17H,2,5-9,13-14H2,1H3/p+1. The van der Waals surface area contributed by atoms with Gasteiger partial charge in [-0.3, -0.25) is 4.90 Å². The second kappa shape index (κ2) is 6.74. The van der Waals surface area contributed by atoms with E-state index in [0.717, 1.165) is 36.3 Å². The third-order valence-electron chi connectivity index (χ3n) is 6.26. The number of ether oxygens (including phenoxy) is 1. The highest BCUT2D eigenvalue weighted by atomic mass is 79.9. The second-order valence-corrected chi connectivity index (χ2v) is 9.00. The van der Waals surface area contributed by atoms with Crippen LogP contribution in [0.15, 0.2) is 39.9 Å². The summed E-state index contributed by atoms with van der Waals surface area (Å²) in [5.74, 6) is 1.68. The molecule has 1 spiro atoms. The van der Waals surface area contributed by atoms with E-state index in [0.29, 0.717) is 11.9 Å². The maximum atomic E-state index is 6.47. The van der Waals surface area contributed by atoms with Crippen LogP contribution >= 0.6 is 15.9 Å². The lowest BCUT2D eigenvalue weighted by Gasteiger charge is -2.49. The quantitative estimate of drug-likeness (QED) is 0.758. The van der Waals surface area contributed by atoms with Gasteiger partial charge in [-0.05, 0) is 55.9 Å². The van der Waals surface area contributed by atoms with E-state index in [9.17, 15) is 0 Å². The number of hydrogen-bond donors (Lipinski definition) is 1. The van der Waals surface area contributed by atoms with Crippen molar-refractivity contribution in [3.8, 4) is 0 Å². The van der Waals surface area contributed by atoms with Gasteiger partial charge in [0.2, 0.25) is 0 Å². The van der Waals surface area contributed by atoms with Gasteiger partial charge in [0.05, 0.1) is 19.3 Å². The summed E-state index contributed by atoms with van der Waals surface area (Å²) in [6.45, 7) is 7.40. The van der Waals surface area contributed by atoms with Crippen LogP contribution in [0.25, 0.3) is 10.8 Å². The van der Waals surface area contributed by atoms with Crippen molar-refractivity contribution in [3.05, 3.63) is 34.9 Å². The Balaban J connectivity index is 1.41. The molecule has 142 valence electrons. The summed E-state index contributed by atoms with van der Waals surface area (Å²) >= 11 is 3.58. The van der Waals surface area contributed by atoms with E-state index in [1.54, 1.807) is 0 Å². The minimum Gasteiger partial charge on any atom is -0.437 e. The van der Waals surface area contributed by atoms with Crippen LogP contribution in [0.2, 0.25) is 0 Å². The topological polar surface area (TPSA) is 40.7 Å². The van der Waals surface area contributed by atoms with E-state index in [2.05, 4.69) is 68.1 Å². The van der Waals surface area contributed by atoms with Gasteiger partial charge in [-0.25, -0.2) is 9.56 Å². The molecule has 6 heteroatoms. The predicted molar refractivity (Wildman–Crippen MR) is 111 cm³/mol. The first-order valence-electron chi connectivity index (χ1n) is 10.0. The molecule has 5 nitrogen and oxygen atoms in total. The minimum atomic E-state index is -0.103. The molecule has 3 saturated heterocycles. The maximum Gasteiger partial charge on any atom is 0.384 e. The second-order valence-electron chi connectivity index (χ2n) is 8.09. The summed E-state index contributed by atoms with van der Waals surface area (Å²) in [5, 5.41) is 5.93. The molecule has 27 heavy (non-hydrogen) atoms. The molecule has 1 unspecified atom stereocenters. The number of nitrogens with one attached hydrogen (secondary N) is 1. The Morgan fingerprint density at radius 1 is 1.30 bits per heavy atom. The lowest BCUT2D eigenvalue weighted by atomic mass is 9.75. The zero-order chi connectivity index (χ0) is 18.4. The van der Waals surface area contributed by atoms with Crippen molar-refractivity contribution in [2.24, 2.45) is 10.9 Å². The van der Waals surface area contributed by atoms with E-state index in [1.807, 2.05) is 0 Å². The summed E-state index contributed by atoms with van der Waals surface area (Å²) in [4.78, 5) is 7.29. The Bertz CT molecular complexity index is 906. The number of aromatic nitrogens is 1. The van der Waals surface area contributed by atoms with Gasteiger partial charge in [-0.15, -0.1) is 0 Å². The Morgan fingerprint density at radius 3 is 2.89 bits per heavy atom. The van der Waals surface area contributed by atoms with Gasteiger partial charge in [-0.2, -0.15) is 5.32 Å². The third kappa shape index (κ3) is 3.13. The highest BCUT2D eigenvalue weighted by molar-refractivity contribution is 9.10. The molecule has 3 fully saturated rings. The van der Waals surface area contributed by atoms with Gasteiger partial charge < -0.3 is 4.74 Å². The van der Waals surface area contributed by atoms with Crippen LogP contribution in [0.3, 0.4) is 0 Å². The number of aliphatic imine (C=N–C) groups is 1. The average molecular weight is 430 g/mol. The number of hydrogen-bond acceptors (Lipinski definition) is 4. The average Bonchev–Trinajstić information content (AvgIpc) is 3.05. The van der Waals surface area contributed by atoms with Crippen LogP contribution in [0.4, 0.5) is 5.82 Å². The fourth-order valence-electron chi connectivity index (χ4n) is 4.85. The molecule has 0 radical (unpaired) electrons. The Hall–Kier alpha value is -1.66. The molecule has 2 aromatic rings. The number of nitrogens with zero attached hydrogens (tertiary/aromatic N) is 3. The molecule has 4 aliphatic heterocycles. The molecule has 1 atom stereocenters. The Kier molecular flexibility index (Phi) is 4.36. The van der Waals surface area contributed by atoms with Crippen LogP contribution in [0.5, 0.6) is 0 Å². The van der Waals surface area contributed by atoms with E-state index >= 15 is 0 Å². The first kappa shape index (κ1) is 17.4. The number of amidine groups is 1. The van der Waals surface area contributed by atoms with Crippen molar-refractivity contribution in [3.63, 3.8) is 0 Å². The van der Waals surface area contributed by atoms with E-state index in [1.165, 1.54) is 36.7 Å². The lowest BCUT2D eigenvalue weighted by molar-refractivity contribution is -0.681. The monoisotopic (exact) mass is 429 g/mol. The lowest BCUT2D eigenvalue weighted by Crippen LogP contribution is -2.61. The fraction of sp³-hybridized carbons (Fsp3) is 0.524.